The summed E-state index contributed by atoms with van der Waals surface area (Å²) in [6.45, 7) is 0. The number of nitrogens with one attached hydrogen (secondary N) is 2. The van der Waals surface area contributed by atoms with Gasteiger partial charge in [-0.05, 0) is 42.0 Å². The van der Waals surface area contributed by atoms with Gasteiger partial charge >= 0.3 is 12.2 Å². The molecule has 138 valence electrons. The number of carbonyl (C=O) groups excluding carboxylic acids is 2. The summed E-state index contributed by atoms with van der Waals surface area (Å²) in [5, 5.41) is 5.27. The van der Waals surface area contributed by atoms with E-state index in [1.165, 1.54) is 0 Å². The number of amides is 3. The summed E-state index contributed by atoms with van der Waals surface area (Å²) in [6.07, 6.45) is -4.32. The van der Waals surface area contributed by atoms with Crippen LogP contribution in [0, 0.1) is 0 Å². The fourth-order valence-corrected chi connectivity index (χ4v) is 2.27. The number of benzene rings is 2. The maximum absolute atomic E-state index is 12.5. The first kappa shape index (κ1) is 19.6. The first-order valence-corrected chi connectivity index (χ1v) is 7.81. The van der Waals surface area contributed by atoms with E-state index < -0.39 is 29.7 Å². The molecule has 0 fully saturated rings. The number of anilines is 1. The number of hydrogen-bond donors (Lipinski definition) is 3. The third kappa shape index (κ3) is 5.66. The van der Waals surface area contributed by atoms with Gasteiger partial charge < -0.3 is 16.4 Å². The molecule has 1 atom stereocenters. The minimum absolute atomic E-state index is 0.144. The fourth-order valence-electron chi connectivity index (χ4n) is 2.15. The molecule has 0 radical (unpaired) electrons. The molecule has 0 aliphatic heterocycles. The second kappa shape index (κ2) is 8.09. The predicted molar refractivity (Wildman–Crippen MR) is 91.7 cm³/mol. The number of urea groups is 1. The molecular weight excluding hydrogens is 371 g/mol. The molecule has 26 heavy (non-hydrogen) atoms. The molecule has 0 bridgehead atoms. The Bertz CT molecular complexity index is 777. The average molecular weight is 386 g/mol. The molecule has 0 heterocycles. The number of halogens is 4. The normalized spacial score (nSPS) is 12.3. The highest BCUT2D eigenvalue weighted by Gasteiger charge is 2.30. The first-order chi connectivity index (χ1) is 12.1. The second-order valence-electron chi connectivity index (χ2n) is 5.46. The minimum atomic E-state index is -4.46. The predicted octanol–water partition coefficient (Wildman–Crippen LogP) is 3.58. The molecule has 5 nitrogen and oxygen atoms in total. The number of nitrogens with two attached hydrogens (primary N) is 1. The van der Waals surface area contributed by atoms with Crippen molar-refractivity contribution in [2.75, 3.05) is 5.32 Å². The third-order valence-corrected chi connectivity index (χ3v) is 3.72. The van der Waals surface area contributed by atoms with E-state index in [4.69, 9.17) is 17.3 Å². The van der Waals surface area contributed by atoms with Gasteiger partial charge in [0, 0.05) is 17.1 Å². The maximum atomic E-state index is 12.5. The summed E-state index contributed by atoms with van der Waals surface area (Å²) in [5.74, 6) is -0.748. The van der Waals surface area contributed by atoms with Crippen LogP contribution in [0.3, 0.4) is 0 Å². The lowest BCUT2D eigenvalue weighted by Gasteiger charge is -2.16. The molecule has 0 aliphatic rings. The highest BCUT2D eigenvalue weighted by Crippen LogP contribution is 2.29. The topological polar surface area (TPSA) is 84.2 Å². The van der Waals surface area contributed by atoms with Gasteiger partial charge in [-0.2, -0.15) is 13.2 Å². The van der Waals surface area contributed by atoms with Crippen molar-refractivity contribution < 1.29 is 22.8 Å². The summed E-state index contributed by atoms with van der Waals surface area (Å²) in [5.41, 5.74) is 5.33. The summed E-state index contributed by atoms with van der Waals surface area (Å²) in [4.78, 5) is 23.5. The van der Waals surface area contributed by atoms with Crippen LogP contribution in [0.25, 0.3) is 0 Å². The second-order valence-corrected chi connectivity index (χ2v) is 5.90. The van der Waals surface area contributed by atoms with E-state index in [-0.39, 0.29) is 12.1 Å². The Morgan fingerprint density at radius 3 is 2.12 bits per heavy atom. The molecule has 0 spiro atoms. The van der Waals surface area contributed by atoms with Crippen molar-refractivity contribution >= 4 is 29.2 Å². The van der Waals surface area contributed by atoms with E-state index in [1.807, 2.05) is 0 Å². The molecule has 0 aliphatic carbocycles. The quantitative estimate of drug-likeness (QED) is 0.735. The Kier molecular flexibility index (Phi) is 6.10. The monoisotopic (exact) mass is 385 g/mol. The van der Waals surface area contributed by atoms with Crippen LogP contribution in [0.2, 0.25) is 5.02 Å². The minimum Gasteiger partial charge on any atom is -0.368 e. The van der Waals surface area contributed by atoms with Crippen molar-refractivity contribution in [1.29, 1.82) is 0 Å². The van der Waals surface area contributed by atoms with Gasteiger partial charge in [-0.3, -0.25) is 4.79 Å². The smallest absolute Gasteiger partial charge is 0.368 e. The molecule has 2 aromatic rings. The van der Waals surface area contributed by atoms with Crippen LogP contribution < -0.4 is 16.4 Å². The highest BCUT2D eigenvalue weighted by molar-refractivity contribution is 6.30. The van der Waals surface area contributed by atoms with Gasteiger partial charge in [-0.1, -0.05) is 23.7 Å². The molecule has 0 aromatic heterocycles. The molecule has 9 heteroatoms. The standard InChI is InChI=1S/C17H15ClF3N3O2/c18-12-5-1-10(2-6-12)9-14(15(22)25)24-16(26)23-13-7-3-11(4-8-13)17(19,20)21/h1-8,14H,9H2,(H2,22,25)(H2,23,24,26). The van der Waals surface area contributed by atoms with Crippen LogP contribution in [-0.2, 0) is 17.4 Å². The third-order valence-electron chi connectivity index (χ3n) is 3.47. The van der Waals surface area contributed by atoms with E-state index in [2.05, 4.69) is 10.6 Å². The molecular formula is C17H15ClF3N3O2. The zero-order valence-electron chi connectivity index (χ0n) is 13.3. The summed E-state index contributed by atoms with van der Waals surface area (Å²) in [7, 11) is 0. The van der Waals surface area contributed by atoms with Crippen LogP contribution >= 0.6 is 11.6 Å². The van der Waals surface area contributed by atoms with Crippen LogP contribution in [0.15, 0.2) is 48.5 Å². The largest absolute Gasteiger partial charge is 0.416 e. The zero-order valence-corrected chi connectivity index (χ0v) is 14.1. The molecule has 2 rings (SSSR count). The van der Waals surface area contributed by atoms with Crippen LogP contribution in [0.5, 0.6) is 0 Å². The van der Waals surface area contributed by atoms with Crippen molar-refractivity contribution in [3.05, 3.63) is 64.7 Å². The van der Waals surface area contributed by atoms with E-state index in [0.29, 0.717) is 5.02 Å². The van der Waals surface area contributed by atoms with Gasteiger partial charge in [0.15, 0.2) is 0 Å². The molecule has 1 unspecified atom stereocenters. The van der Waals surface area contributed by atoms with Crippen LogP contribution in [0.1, 0.15) is 11.1 Å². The Labute approximate surface area is 152 Å². The van der Waals surface area contributed by atoms with Gasteiger partial charge in [0.1, 0.15) is 6.04 Å². The number of primary amides is 1. The lowest BCUT2D eigenvalue weighted by atomic mass is 10.1. The fraction of sp³-hybridized carbons (Fsp3) is 0.176. The summed E-state index contributed by atoms with van der Waals surface area (Å²) < 4.78 is 37.5. The van der Waals surface area contributed by atoms with Crippen LogP contribution in [-0.4, -0.2) is 18.0 Å². The number of rotatable bonds is 5. The van der Waals surface area contributed by atoms with Crippen molar-refractivity contribution in [3.63, 3.8) is 0 Å². The number of carbonyl (C=O) groups is 2. The van der Waals surface area contributed by atoms with Gasteiger partial charge in [0.05, 0.1) is 5.56 Å². The van der Waals surface area contributed by atoms with E-state index in [1.54, 1.807) is 24.3 Å². The van der Waals surface area contributed by atoms with Crippen LogP contribution in [0.4, 0.5) is 23.7 Å². The molecule has 4 N–H and O–H groups in total. The summed E-state index contributed by atoms with van der Waals surface area (Å²) >= 11 is 5.78. The van der Waals surface area contributed by atoms with Gasteiger partial charge in [0.25, 0.3) is 0 Å². The highest BCUT2D eigenvalue weighted by atomic mass is 35.5. The Morgan fingerprint density at radius 2 is 1.62 bits per heavy atom. The summed E-state index contributed by atoms with van der Waals surface area (Å²) in [6, 6.07) is 8.80. The molecule has 0 saturated heterocycles. The van der Waals surface area contributed by atoms with E-state index in [0.717, 1.165) is 29.8 Å². The van der Waals surface area contributed by atoms with Gasteiger partial charge in [-0.25, -0.2) is 4.79 Å². The Morgan fingerprint density at radius 1 is 1.04 bits per heavy atom. The van der Waals surface area contributed by atoms with Crippen molar-refractivity contribution in [1.82, 2.24) is 5.32 Å². The number of hydrogen-bond acceptors (Lipinski definition) is 2. The van der Waals surface area contributed by atoms with E-state index in [9.17, 15) is 22.8 Å². The maximum Gasteiger partial charge on any atom is 0.416 e. The van der Waals surface area contributed by atoms with Gasteiger partial charge in [0.2, 0.25) is 5.91 Å². The molecule has 2 aromatic carbocycles. The zero-order chi connectivity index (χ0) is 19.3. The lowest BCUT2D eigenvalue weighted by Crippen LogP contribution is -2.47. The van der Waals surface area contributed by atoms with Crippen molar-refractivity contribution in [2.45, 2.75) is 18.6 Å². The molecule has 3 amide bonds. The number of alkyl halides is 3. The Hall–Kier alpha value is -2.74. The average Bonchev–Trinajstić information content (AvgIpc) is 2.55. The lowest BCUT2D eigenvalue weighted by molar-refractivity contribution is -0.137. The Balaban J connectivity index is 1.99. The van der Waals surface area contributed by atoms with Crippen molar-refractivity contribution in [3.8, 4) is 0 Å². The first-order valence-electron chi connectivity index (χ1n) is 7.43. The molecule has 0 saturated carbocycles. The SMILES string of the molecule is NC(=O)C(Cc1ccc(Cl)cc1)NC(=O)Nc1ccc(C(F)(F)F)cc1. The van der Waals surface area contributed by atoms with Gasteiger partial charge in [-0.15, -0.1) is 0 Å². The van der Waals surface area contributed by atoms with E-state index >= 15 is 0 Å². The van der Waals surface area contributed by atoms with Crippen molar-refractivity contribution in [2.24, 2.45) is 5.73 Å².